The van der Waals surface area contributed by atoms with Crippen LogP contribution < -0.4 is 5.73 Å². The van der Waals surface area contributed by atoms with Gasteiger partial charge in [-0.25, -0.2) is 4.79 Å². The van der Waals surface area contributed by atoms with Gasteiger partial charge in [-0.2, -0.15) is 0 Å². The summed E-state index contributed by atoms with van der Waals surface area (Å²) in [7, 11) is 0. The first-order valence-electron chi connectivity index (χ1n) is 9.18. The fraction of sp³-hybridized carbons (Fsp3) is 0.500. The summed E-state index contributed by atoms with van der Waals surface area (Å²) in [4.78, 5) is 29.0. The Balaban J connectivity index is 1.93. The number of likely N-dealkylation sites (tertiary alicyclic amines) is 1. The van der Waals surface area contributed by atoms with Crippen molar-refractivity contribution in [1.29, 1.82) is 0 Å². The van der Waals surface area contributed by atoms with Crippen molar-refractivity contribution in [3.63, 3.8) is 0 Å². The SMILES string of the molecule is CC(C)(C)OC(=O)N1CC(CO)CC(c2ccc(C(N)=O)c3[nH]ccc23)C1. The quantitative estimate of drug-likeness (QED) is 0.768. The molecule has 0 bridgehead atoms. The number of aromatic nitrogens is 1. The van der Waals surface area contributed by atoms with E-state index in [0.29, 0.717) is 24.2 Å². The minimum absolute atomic E-state index is 0.00540. The largest absolute Gasteiger partial charge is 0.444 e. The molecule has 4 N–H and O–H groups in total. The molecular weight excluding hydrogens is 346 g/mol. The number of carbonyl (C=O) groups excluding carboxylic acids is 2. The van der Waals surface area contributed by atoms with Crippen molar-refractivity contribution in [3.8, 4) is 0 Å². The molecule has 2 atom stereocenters. The third-order valence-corrected chi connectivity index (χ3v) is 4.91. The van der Waals surface area contributed by atoms with Crippen LogP contribution in [-0.2, 0) is 4.74 Å². The van der Waals surface area contributed by atoms with E-state index in [1.807, 2.05) is 32.9 Å². The number of aromatic amines is 1. The molecule has 0 aliphatic carbocycles. The predicted octanol–water partition coefficient (Wildman–Crippen LogP) is 2.60. The molecule has 1 aliphatic rings. The lowest BCUT2D eigenvalue weighted by atomic mass is 9.83. The van der Waals surface area contributed by atoms with Gasteiger partial charge in [-0.05, 0) is 44.9 Å². The second kappa shape index (κ2) is 7.23. The van der Waals surface area contributed by atoms with Crippen LogP contribution in [0.1, 0.15) is 49.0 Å². The highest BCUT2D eigenvalue weighted by molar-refractivity contribution is 6.05. The smallest absolute Gasteiger partial charge is 0.410 e. The van der Waals surface area contributed by atoms with Crippen molar-refractivity contribution in [2.75, 3.05) is 19.7 Å². The number of fused-ring (bicyclic) bond motifs is 1. The van der Waals surface area contributed by atoms with E-state index in [1.165, 1.54) is 0 Å². The van der Waals surface area contributed by atoms with Crippen LogP contribution in [0.3, 0.4) is 0 Å². The summed E-state index contributed by atoms with van der Waals surface area (Å²) in [5.41, 5.74) is 7.07. The van der Waals surface area contributed by atoms with Gasteiger partial charge >= 0.3 is 6.09 Å². The van der Waals surface area contributed by atoms with E-state index in [2.05, 4.69) is 4.98 Å². The maximum absolute atomic E-state index is 12.6. The number of hydrogen-bond acceptors (Lipinski definition) is 4. The van der Waals surface area contributed by atoms with Crippen LogP contribution in [0.5, 0.6) is 0 Å². The maximum Gasteiger partial charge on any atom is 0.410 e. The summed E-state index contributed by atoms with van der Waals surface area (Å²) < 4.78 is 5.52. The summed E-state index contributed by atoms with van der Waals surface area (Å²) in [5.74, 6) is -0.481. The molecule has 1 fully saturated rings. The zero-order valence-corrected chi connectivity index (χ0v) is 16.0. The fourth-order valence-electron chi connectivity index (χ4n) is 3.78. The topological polar surface area (TPSA) is 109 Å². The van der Waals surface area contributed by atoms with Gasteiger partial charge in [0, 0.05) is 43.1 Å². The second-order valence-corrected chi connectivity index (χ2v) is 8.20. The van der Waals surface area contributed by atoms with Crippen LogP contribution in [0.25, 0.3) is 10.9 Å². The van der Waals surface area contributed by atoms with E-state index in [-0.39, 0.29) is 24.5 Å². The number of carbonyl (C=O) groups is 2. The summed E-state index contributed by atoms with van der Waals surface area (Å²) >= 11 is 0. The molecule has 2 aromatic rings. The van der Waals surface area contributed by atoms with E-state index in [9.17, 15) is 14.7 Å². The second-order valence-electron chi connectivity index (χ2n) is 8.20. The lowest BCUT2D eigenvalue weighted by Gasteiger charge is -2.38. The van der Waals surface area contributed by atoms with Crippen molar-refractivity contribution in [1.82, 2.24) is 9.88 Å². The maximum atomic E-state index is 12.6. The number of amides is 2. The Labute approximate surface area is 158 Å². The number of rotatable bonds is 3. The average molecular weight is 373 g/mol. The summed E-state index contributed by atoms with van der Waals surface area (Å²) in [5, 5.41) is 10.6. The van der Waals surface area contributed by atoms with Gasteiger partial charge < -0.3 is 25.5 Å². The normalized spacial score (nSPS) is 20.7. The van der Waals surface area contributed by atoms with Crippen molar-refractivity contribution in [2.24, 2.45) is 11.7 Å². The van der Waals surface area contributed by atoms with Crippen LogP contribution in [0, 0.1) is 5.92 Å². The fourth-order valence-corrected chi connectivity index (χ4v) is 3.78. The highest BCUT2D eigenvalue weighted by Gasteiger charge is 2.33. The number of primary amides is 1. The molecule has 0 radical (unpaired) electrons. The number of H-pyrrole nitrogens is 1. The van der Waals surface area contributed by atoms with Gasteiger partial charge in [0.1, 0.15) is 5.60 Å². The molecule has 0 saturated carbocycles. The van der Waals surface area contributed by atoms with Gasteiger partial charge in [-0.1, -0.05) is 6.07 Å². The third-order valence-electron chi connectivity index (χ3n) is 4.91. The number of aliphatic hydroxyl groups is 1. The molecule has 7 nitrogen and oxygen atoms in total. The molecule has 2 amide bonds. The van der Waals surface area contributed by atoms with Crippen LogP contribution in [0.2, 0.25) is 0 Å². The molecule has 1 aliphatic heterocycles. The van der Waals surface area contributed by atoms with Gasteiger partial charge in [0.05, 0.1) is 11.1 Å². The summed E-state index contributed by atoms with van der Waals surface area (Å²) in [6.45, 7) is 6.48. The number of aliphatic hydroxyl groups excluding tert-OH is 1. The van der Waals surface area contributed by atoms with Crippen LogP contribution >= 0.6 is 0 Å². The first-order valence-corrected chi connectivity index (χ1v) is 9.18. The molecule has 2 heterocycles. The van der Waals surface area contributed by atoms with Crippen LogP contribution in [0.15, 0.2) is 24.4 Å². The Morgan fingerprint density at radius 3 is 2.67 bits per heavy atom. The van der Waals surface area contributed by atoms with Gasteiger partial charge in [-0.3, -0.25) is 4.79 Å². The molecule has 1 saturated heterocycles. The predicted molar refractivity (Wildman–Crippen MR) is 103 cm³/mol. The summed E-state index contributed by atoms with van der Waals surface area (Å²) in [6.07, 6.45) is 2.16. The Morgan fingerprint density at radius 2 is 2.04 bits per heavy atom. The van der Waals surface area contributed by atoms with Crippen LogP contribution in [0.4, 0.5) is 4.79 Å². The van der Waals surface area contributed by atoms with Gasteiger partial charge in [-0.15, -0.1) is 0 Å². The average Bonchev–Trinajstić information content (AvgIpc) is 3.08. The number of ether oxygens (including phenoxy) is 1. The van der Waals surface area contributed by atoms with E-state index >= 15 is 0 Å². The number of benzene rings is 1. The number of nitrogens with one attached hydrogen (secondary N) is 1. The summed E-state index contributed by atoms with van der Waals surface area (Å²) in [6, 6.07) is 5.53. The molecule has 3 rings (SSSR count). The zero-order chi connectivity index (χ0) is 19.8. The Morgan fingerprint density at radius 1 is 1.30 bits per heavy atom. The number of hydrogen-bond donors (Lipinski definition) is 3. The first-order chi connectivity index (χ1) is 12.7. The monoisotopic (exact) mass is 373 g/mol. The van der Waals surface area contributed by atoms with Crippen molar-refractivity contribution >= 4 is 22.9 Å². The number of nitrogens with zero attached hydrogens (tertiary/aromatic N) is 1. The molecule has 0 spiro atoms. The van der Waals surface area contributed by atoms with E-state index < -0.39 is 11.5 Å². The Bertz CT molecular complexity index is 853. The van der Waals surface area contributed by atoms with Crippen LogP contribution in [-0.4, -0.2) is 52.3 Å². The highest BCUT2D eigenvalue weighted by Crippen LogP contribution is 2.35. The van der Waals surface area contributed by atoms with E-state index in [0.717, 1.165) is 17.4 Å². The Hall–Kier alpha value is -2.54. The lowest BCUT2D eigenvalue weighted by molar-refractivity contribution is 0.0103. The van der Waals surface area contributed by atoms with Crippen molar-refractivity contribution in [2.45, 2.75) is 38.7 Å². The minimum atomic E-state index is -0.574. The molecule has 1 aromatic carbocycles. The molecule has 146 valence electrons. The molecule has 27 heavy (non-hydrogen) atoms. The first kappa shape index (κ1) is 19.2. The van der Waals surface area contributed by atoms with Crippen molar-refractivity contribution in [3.05, 3.63) is 35.5 Å². The van der Waals surface area contributed by atoms with Gasteiger partial charge in [0.2, 0.25) is 0 Å². The Kier molecular flexibility index (Phi) is 5.15. The molecule has 2 unspecified atom stereocenters. The third kappa shape index (κ3) is 4.08. The van der Waals surface area contributed by atoms with E-state index in [4.69, 9.17) is 10.5 Å². The van der Waals surface area contributed by atoms with Crippen molar-refractivity contribution < 1.29 is 19.4 Å². The molecular formula is C20H27N3O4. The van der Waals surface area contributed by atoms with Gasteiger partial charge in [0.25, 0.3) is 5.91 Å². The standard InChI is InChI=1S/C20H27N3O4/c1-20(2,3)27-19(26)23-9-12(11-24)8-13(10-23)14-4-5-16(18(21)25)17-15(14)6-7-22-17/h4-7,12-13,22,24H,8-11H2,1-3H3,(H2,21,25). The number of nitrogens with two attached hydrogens (primary N) is 1. The number of piperidine rings is 1. The zero-order valence-electron chi connectivity index (χ0n) is 16.0. The lowest BCUT2D eigenvalue weighted by Crippen LogP contribution is -2.46. The van der Waals surface area contributed by atoms with E-state index in [1.54, 1.807) is 17.2 Å². The van der Waals surface area contributed by atoms with Gasteiger partial charge in [0.15, 0.2) is 0 Å². The highest BCUT2D eigenvalue weighted by atomic mass is 16.6. The molecule has 1 aromatic heterocycles. The molecule has 7 heteroatoms. The minimum Gasteiger partial charge on any atom is -0.444 e.